The number of H-pyrrole nitrogens is 2. The summed E-state index contributed by atoms with van der Waals surface area (Å²) in [5.41, 5.74) is 2.24. The molecular formula is C13H9BrF2N6S. The highest BCUT2D eigenvalue weighted by atomic mass is 79.9. The van der Waals surface area contributed by atoms with E-state index in [9.17, 15) is 8.78 Å². The number of nitrogens with zero attached hydrogens (tertiary/aromatic N) is 4. The lowest BCUT2D eigenvalue weighted by Crippen LogP contribution is -1.99. The van der Waals surface area contributed by atoms with Crippen molar-refractivity contribution in [2.75, 3.05) is 0 Å². The molecule has 0 fully saturated rings. The van der Waals surface area contributed by atoms with Crippen LogP contribution >= 0.6 is 28.1 Å². The molecule has 118 valence electrons. The average Bonchev–Trinajstić information content (AvgIpc) is 3.12. The number of hydrogen-bond acceptors (Lipinski definition) is 4. The van der Waals surface area contributed by atoms with E-state index in [0.29, 0.717) is 5.56 Å². The van der Waals surface area contributed by atoms with Crippen molar-refractivity contribution in [2.24, 2.45) is 5.10 Å². The minimum atomic E-state index is -2.78. The van der Waals surface area contributed by atoms with E-state index in [1.54, 1.807) is 6.20 Å². The van der Waals surface area contributed by atoms with Crippen molar-refractivity contribution in [1.82, 2.24) is 25.1 Å². The summed E-state index contributed by atoms with van der Waals surface area (Å²) in [5.74, 6) is -0.542. The molecule has 1 aromatic carbocycles. The second kappa shape index (κ2) is 6.50. The first-order chi connectivity index (χ1) is 11.1. The van der Waals surface area contributed by atoms with E-state index in [2.05, 4.69) is 41.4 Å². The molecule has 3 rings (SSSR count). The Morgan fingerprint density at radius 2 is 2.00 bits per heavy atom. The molecule has 23 heavy (non-hydrogen) atoms. The smallest absolute Gasteiger partial charge is 0.277 e. The zero-order valence-electron chi connectivity index (χ0n) is 11.4. The molecule has 2 N–H and O–H groups in total. The fraction of sp³-hybridized carbons (Fsp3) is 0.0769. The van der Waals surface area contributed by atoms with Crippen molar-refractivity contribution in [3.63, 3.8) is 0 Å². The van der Waals surface area contributed by atoms with Gasteiger partial charge in [-0.3, -0.25) is 5.10 Å². The van der Waals surface area contributed by atoms with Gasteiger partial charge in [0.25, 0.3) is 6.43 Å². The monoisotopic (exact) mass is 398 g/mol. The van der Waals surface area contributed by atoms with E-state index in [4.69, 9.17) is 12.2 Å². The molecule has 0 saturated heterocycles. The first-order valence-corrected chi connectivity index (χ1v) is 7.55. The molecule has 2 heterocycles. The van der Waals surface area contributed by atoms with Gasteiger partial charge in [-0.25, -0.2) is 13.9 Å². The maximum absolute atomic E-state index is 12.8. The van der Waals surface area contributed by atoms with Crippen molar-refractivity contribution >= 4 is 34.4 Å². The standard InChI is InChI=1S/C13H9BrF2N6S/c14-9-3-1-7(2-4-9)10-8(5-17-19-10)6-18-22-12(11(15)16)20-21-13(22)23/h1-6,11H,(H,17,19)(H,21,23). The van der Waals surface area contributed by atoms with Crippen LogP contribution in [-0.2, 0) is 0 Å². The van der Waals surface area contributed by atoms with Crippen LogP contribution in [0.1, 0.15) is 17.8 Å². The minimum absolute atomic E-state index is 0.00904. The predicted molar refractivity (Wildman–Crippen MR) is 87.1 cm³/mol. The summed E-state index contributed by atoms with van der Waals surface area (Å²) in [4.78, 5) is 0. The van der Waals surface area contributed by atoms with Gasteiger partial charge < -0.3 is 0 Å². The van der Waals surface area contributed by atoms with Crippen LogP contribution in [0.4, 0.5) is 8.78 Å². The van der Waals surface area contributed by atoms with Crippen LogP contribution in [0.5, 0.6) is 0 Å². The SMILES string of the molecule is FC(F)c1n[nH]c(=S)n1N=Cc1cn[nH]c1-c1ccc(Br)cc1. The van der Waals surface area contributed by atoms with Crippen LogP contribution in [0.2, 0.25) is 0 Å². The third-order valence-electron chi connectivity index (χ3n) is 2.98. The molecule has 0 bridgehead atoms. The number of rotatable bonds is 4. The molecule has 0 aliphatic rings. The van der Waals surface area contributed by atoms with Crippen molar-refractivity contribution in [3.8, 4) is 11.3 Å². The number of aromatic amines is 2. The van der Waals surface area contributed by atoms with E-state index in [-0.39, 0.29) is 4.77 Å². The van der Waals surface area contributed by atoms with Gasteiger partial charge in [-0.05, 0) is 24.4 Å². The molecule has 0 aliphatic heterocycles. The second-order valence-corrected chi connectivity index (χ2v) is 5.75. The van der Waals surface area contributed by atoms with Gasteiger partial charge >= 0.3 is 0 Å². The lowest BCUT2D eigenvalue weighted by molar-refractivity contribution is 0.136. The number of nitrogens with one attached hydrogen (secondary N) is 2. The lowest BCUT2D eigenvalue weighted by atomic mass is 10.1. The van der Waals surface area contributed by atoms with Crippen LogP contribution < -0.4 is 0 Å². The van der Waals surface area contributed by atoms with Crippen molar-refractivity contribution in [1.29, 1.82) is 0 Å². The second-order valence-electron chi connectivity index (χ2n) is 4.45. The number of benzene rings is 1. The Bertz CT molecular complexity index is 896. The summed E-state index contributed by atoms with van der Waals surface area (Å²) in [6.07, 6.45) is 0.167. The molecule has 0 saturated carbocycles. The molecular weight excluding hydrogens is 390 g/mol. The molecule has 10 heteroatoms. The largest absolute Gasteiger partial charge is 0.299 e. The van der Waals surface area contributed by atoms with Crippen molar-refractivity contribution in [2.45, 2.75) is 6.43 Å². The number of aromatic nitrogens is 5. The Morgan fingerprint density at radius 1 is 1.26 bits per heavy atom. The fourth-order valence-corrected chi connectivity index (χ4v) is 2.37. The molecule has 0 amide bonds. The van der Waals surface area contributed by atoms with Crippen molar-refractivity contribution < 1.29 is 8.78 Å². The molecule has 0 unspecified atom stereocenters. The third kappa shape index (κ3) is 3.27. The number of hydrogen-bond donors (Lipinski definition) is 2. The molecule has 3 aromatic rings. The van der Waals surface area contributed by atoms with Gasteiger partial charge in [-0.15, -0.1) is 0 Å². The summed E-state index contributed by atoms with van der Waals surface area (Å²) < 4.78 is 27.5. The van der Waals surface area contributed by atoms with E-state index in [1.165, 1.54) is 6.21 Å². The fourth-order valence-electron chi connectivity index (χ4n) is 1.92. The van der Waals surface area contributed by atoms with Gasteiger partial charge in [0.1, 0.15) is 0 Å². The molecule has 6 nitrogen and oxygen atoms in total. The van der Waals surface area contributed by atoms with Crippen molar-refractivity contribution in [3.05, 3.63) is 51.1 Å². The van der Waals surface area contributed by atoms with E-state index in [1.807, 2.05) is 24.3 Å². The van der Waals surface area contributed by atoms with Gasteiger partial charge in [0.2, 0.25) is 10.6 Å². The number of alkyl halides is 2. The summed E-state index contributed by atoms with van der Waals surface area (Å²) >= 11 is 8.26. The highest BCUT2D eigenvalue weighted by Gasteiger charge is 2.16. The Balaban J connectivity index is 1.96. The van der Waals surface area contributed by atoms with Crippen LogP contribution in [0, 0.1) is 4.77 Å². The van der Waals surface area contributed by atoms with Gasteiger partial charge in [0.15, 0.2) is 0 Å². The van der Waals surface area contributed by atoms with Gasteiger partial charge in [0.05, 0.1) is 18.1 Å². The van der Waals surface area contributed by atoms with Crippen LogP contribution in [-0.4, -0.2) is 31.3 Å². The van der Waals surface area contributed by atoms with E-state index in [0.717, 1.165) is 20.4 Å². The zero-order chi connectivity index (χ0) is 16.4. The summed E-state index contributed by atoms with van der Waals surface area (Å²) in [7, 11) is 0. The minimum Gasteiger partial charge on any atom is -0.277 e. The first kappa shape index (κ1) is 15.7. The Morgan fingerprint density at radius 3 is 2.70 bits per heavy atom. The zero-order valence-corrected chi connectivity index (χ0v) is 13.8. The molecule has 2 aromatic heterocycles. The van der Waals surface area contributed by atoms with Crippen LogP contribution in [0.15, 0.2) is 40.0 Å². The lowest BCUT2D eigenvalue weighted by Gasteiger charge is -2.01. The third-order valence-corrected chi connectivity index (χ3v) is 3.78. The first-order valence-electron chi connectivity index (χ1n) is 6.35. The Kier molecular flexibility index (Phi) is 4.44. The van der Waals surface area contributed by atoms with E-state index >= 15 is 0 Å². The summed E-state index contributed by atoms with van der Waals surface area (Å²) in [5, 5.41) is 16.6. The van der Waals surface area contributed by atoms with Gasteiger partial charge in [-0.1, -0.05) is 28.1 Å². The van der Waals surface area contributed by atoms with Crippen LogP contribution in [0.25, 0.3) is 11.3 Å². The highest BCUT2D eigenvalue weighted by Crippen LogP contribution is 2.22. The highest BCUT2D eigenvalue weighted by molar-refractivity contribution is 9.10. The van der Waals surface area contributed by atoms with Gasteiger partial charge in [0, 0.05) is 15.6 Å². The normalized spacial score (nSPS) is 11.7. The number of halogens is 3. The molecule has 0 atom stereocenters. The summed E-state index contributed by atoms with van der Waals surface area (Å²) in [6, 6.07) is 7.56. The predicted octanol–water partition coefficient (Wildman–Crippen LogP) is 3.91. The average molecular weight is 399 g/mol. The molecule has 0 spiro atoms. The topological polar surface area (TPSA) is 74.7 Å². The molecule has 0 radical (unpaired) electrons. The van der Waals surface area contributed by atoms with Gasteiger partial charge in [-0.2, -0.15) is 20.0 Å². The maximum atomic E-state index is 12.8. The maximum Gasteiger partial charge on any atom is 0.299 e. The Labute approximate surface area is 142 Å². The van der Waals surface area contributed by atoms with E-state index < -0.39 is 12.2 Å². The molecule has 0 aliphatic carbocycles. The Hall–Kier alpha value is -2.20. The quantitative estimate of drug-likeness (QED) is 0.516. The summed E-state index contributed by atoms with van der Waals surface area (Å²) in [6.45, 7) is 0. The van der Waals surface area contributed by atoms with Crippen LogP contribution in [0.3, 0.4) is 0 Å².